The number of benzene rings is 2. The van der Waals surface area contributed by atoms with Crippen LogP contribution in [0.1, 0.15) is 17.0 Å². The van der Waals surface area contributed by atoms with E-state index in [0.29, 0.717) is 21.2 Å². The normalized spacial score (nSPS) is 11.9. The van der Waals surface area contributed by atoms with Crippen molar-refractivity contribution in [2.75, 3.05) is 0 Å². The van der Waals surface area contributed by atoms with Crippen molar-refractivity contribution in [2.45, 2.75) is 5.92 Å². The highest BCUT2D eigenvalue weighted by Crippen LogP contribution is 2.19. The number of hydrazone groups is 1. The van der Waals surface area contributed by atoms with Crippen molar-refractivity contribution in [3.63, 3.8) is 0 Å². The van der Waals surface area contributed by atoms with Crippen LogP contribution in [0.4, 0.5) is 0 Å². The lowest BCUT2D eigenvalue weighted by Crippen LogP contribution is -2.24. The largest absolute Gasteiger partial charge is 0.271 e. The van der Waals surface area contributed by atoms with Gasteiger partial charge in [-0.05, 0) is 17.7 Å². The van der Waals surface area contributed by atoms with Crippen LogP contribution in [0.25, 0.3) is 0 Å². The number of hydrogen-bond donors (Lipinski definition) is 1. The van der Waals surface area contributed by atoms with Crippen LogP contribution >= 0.6 is 23.2 Å². The predicted octanol–water partition coefficient (Wildman–Crippen LogP) is 3.75. The van der Waals surface area contributed by atoms with Crippen molar-refractivity contribution >= 4 is 35.3 Å². The molecule has 2 aromatic carbocycles. The monoisotopic (exact) mass is 331 g/mol. The molecule has 0 unspecified atom stereocenters. The van der Waals surface area contributed by atoms with Gasteiger partial charge in [0.25, 0.3) is 5.91 Å². The van der Waals surface area contributed by atoms with Gasteiger partial charge in [-0.15, -0.1) is 0 Å². The fourth-order valence-corrected chi connectivity index (χ4v) is 2.22. The third kappa shape index (κ3) is 4.08. The summed E-state index contributed by atoms with van der Waals surface area (Å²) in [7, 11) is 0. The molecule has 110 valence electrons. The number of nitriles is 1. The molecule has 0 spiro atoms. The summed E-state index contributed by atoms with van der Waals surface area (Å²) in [4.78, 5) is 12.0. The van der Waals surface area contributed by atoms with E-state index >= 15 is 0 Å². The van der Waals surface area contributed by atoms with Crippen LogP contribution in [0.5, 0.6) is 0 Å². The van der Waals surface area contributed by atoms with E-state index in [1.165, 1.54) is 6.21 Å². The fraction of sp³-hybridized carbons (Fsp3) is 0.0625. The Labute approximate surface area is 138 Å². The van der Waals surface area contributed by atoms with Crippen molar-refractivity contribution in [1.82, 2.24) is 5.43 Å². The number of rotatable bonds is 4. The third-order valence-electron chi connectivity index (χ3n) is 2.87. The molecule has 0 aromatic heterocycles. The molecule has 0 radical (unpaired) electrons. The Kier molecular flexibility index (Phi) is 5.54. The van der Waals surface area contributed by atoms with Crippen LogP contribution < -0.4 is 5.43 Å². The summed E-state index contributed by atoms with van der Waals surface area (Å²) in [5.41, 5.74) is 3.56. The zero-order valence-electron chi connectivity index (χ0n) is 11.3. The Morgan fingerprint density at radius 3 is 2.59 bits per heavy atom. The van der Waals surface area contributed by atoms with Gasteiger partial charge in [-0.25, -0.2) is 5.43 Å². The summed E-state index contributed by atoms with van der Waals surface area (Å²) in [5.74, 6) is -1.42. The van der Waals surface area contributed by atoms with Crippen LogP contribution in [-0.2, 0) is 4.79 Å². The number of nitrogens with one attached hydrogen (secondary N) is 1. The summed E-state index contributed by atoms with van der Waals surface area (Å²) in [6, 6.07) is 15.7. The first-order chi connectivity index (χ1) is 10.6. The van der Waals surface area contributed by atoms with E-state index in [2.05, 4.69) is 10.5 Å². The van der Waals surface area contributed by atoms with Gasteiger partial charge in [0, 0.05) is 10.6 Å². The average molecular weight is 332 g/mol. The first-order valence-electron chi connectivity index (χ1n) is 6.34. The molecule has 4 nitrogen and oxygen atoms in total. The SMILES string of the molecule is N#C[C@H](C(=O)N/N=C\c1ccc(Cl)cc1Cl)c1ccccc1. The Hall–Kier alpha value is -2.35. The fourth-order valence-electron chi connectivity index (χ4n) is 1.77. The molecule has 22 heavy (non-hydrogen) atoms. The molecule has 0 heterocycles. The smallest absolute Gasteiger partial charge is 0.261 e. The minimum Gasteiger partial charge on any atom is -0.271 e. The second kappa shape index (κ2) is 7.60. The molecule has 2 rings (SSSR count). The zero-order valence-corrected chi connectivity index (χ0v) is 12.8. The Bertz CT molecular complexity index is 739. The highest BCUT2D eigenvalue weighted by molar-refractivity contribution is 6.36. The first-order valence-corrected chi connectivity index (χ1v) is 7.10. The van der Waals surface area contributed by atoms with E-state index in [4.69, 9.17) is 28.5 Å². The lowest BCUT2D eigenvalue weighted by molar-refractivity contribution is -0.121. The zero-order chi connectivity index (χ0) is 15.9. The molecule has 0 aliphatic rings. The maximum atomic E-state index is 12.0. The van der Waals surface area contributed by atoms with Gasteiger partial charge in [0.15, 0.2) is 5.92 Å². The van der Waals surface area contributed by atoms with Gasteiger partial charge in [0.2, 0.25) is 0 Å². The highest BCUT2D eigenvalue weighted by atomic mass is 35.5. The van der Waals surface area contributed by atoms with E-state index in [1.807, 2.05) is 12.1 Å². The third-order valence-corrected chi connectivity index (χ3v) is 3.43. The number of halogens is 2. The van der Waals surface area contributed by atoms with Crippen LogP contribution in [0.3, 0.4) is 0 Å². The van der Waals surface area contributed by atoms with Crippen LogP contribution in [0.15, 0.2) is 53.6 Å². The molecule has 0 aliphatic carbocycles. The average Bonchev–Trinajstić information content (AvgIpc) is 2.51. The molecule has 0 saturated heterocycles. The van der Waals surface area contributed by atoms with E-state index in [9.17, 15) is 4.79 Å². The highest BCUT2D eigenvalue weighted by Gasteiger charge is 2.19. The van der Waals surface area contributed by atoms with E-state index in [1.54, 1.807) is 42.5 Å². The standard InChI is InChI=1S/C16H11Cl2N3O/c17-13-7-6-12(15(18)8-13)10-20-21-16(22)14(9-19)11-4-2-1-3-5-11/h1-8,10,14H,(H,21,22)/b20-10-/t14-/m0/s1. The molecule has 1 N–H and O–H groups in total. The molecule has 6 heteroatoms. The lowest BCUT2D eigenvalue weighted by Gasteiger charge is -2.07. The van der Waals surface area contributed by atoms with E-state index in [0.717, 1.165) is 0 Å². The van der Waals surface area contributed by atoms with Crippen molar-refractivity contribution in [1.29, 1.82) is 5.26 Å². The van der Waals surface area contributed by atoms with Gasteiger partial charge in [0.05, 0.1) is 17.3 Å². The molecular weight excluding hydrogens is 321 g/mol. The summed E-state index contributed by atoms with van der Waals surface area (Å²) >= 11 is 11.8. The lowest BCUT2D eigenvalue weighted by atomic mass is 10.0. The van der Waals surface area contributed by atoms with Gasteiger partial charge in [-0.2, -0.15) is 10.4 Å². The molecule has 0 fully saturated rings. The van der Waals surface area contributed by atoms with Crippen molar-refractivity contribution in [3.05, 3.63) is 69.7 Å². The molecule has 1 atom stereocenters. The molecule has 0 saturated carbocycles. The van der Waals surface area contributed by atoms with Gasteiger partial charge < -0.3 is 0 Å². The quantitative estimate of drug-likeness (QED) is 0.684. The number of carbonyl (C=O) groups is 1. The Morgan fingerprint density at radius 1 is 1.23 bits per heavy atom. The predicted molar refractivity (Wildman–Crippen MR) is 87.0 cm³/mol. The summed E-state index contributed by atoms with van der Waals surface area (Å²) in [6.07, 6.45) is 1.40. The minimum atomic E-state index is -0.918. The van der Waals surface area contributed by atoms with Gasteiger partial charge in [0.1, 0.15) is 0 Å². The Balaban J connectivity index is 2.06. The molecule has 0 bridgehead atoms. The second-order valence-electron chi connectivity index (χ2n) is 4.37. The van der Waals surface area contributed by atoms with E-state index in [-0.39, 0.29) is 0 Å². The molecule has 1 amide bonds. The first kappa shape index (κ1) is 16.0. The Morgan fingerprint density at radius 2 is 1.95 bits per heavy atom. The summed E-state index contributed by atoms with van der Waals surface area (Å²) in [5, 5.41) is 13.9. The molecular formula is C16H11Cl2N3O. The van der Waals surface area contributed by atoms with E-state index < -0.39 is 11.8 Å². The van der Waals surface area contributed by atoms with Gasteiger partial charge in [-0.3, -0.25) is 4.79 Å². The minimum absolute atomic E-state index is 0.422. The van der Waals surface area contributed by atoms with Gasteiger partial charge >= 0.3 is 0 Å². The number of carbonyl (C=O) groups excluding carboxylic acids is 1. The number of amides is 1. The summed E-state index contributed by atoms with van der Waals surface area (Å²) in [6.45, 7) is 0. The molecule has 0 aliphatic heterocycles. The topological polar surface area (TPSA) is 65.2 Å². The van der Waals surface area contributed by atoms with Gasteiger partial charge in [-0.1, -0.05) is 59.6 Å². The summed E-state index contributed by atoms with van der Waals surface area (Å²) < 4.78 is 0. The van der Waals surface area contributed by atoms with Crippen LogP contribution in [0.2, 0.25) is 10.0 Å². The van der Waals surface area contributed by atoms with Crippen molar-refractivity contribution in [3.8, 4) is 6.07 Å². The van der Waals surface area contributed by atoms with Crippen LogP contribution in [0, 0.1) is 11.3 Å². The maximum Gasteiger partial charge on any atom is 0.261 e. The van der Waals surface area contributed by atoms with Crippen molar-refractivity contribution in [2.24, 2.45) is 5.10 Å². The second-order valence-corrected chi connectivity index (χ2v) is 5.22. The number of nitrogens with zero attached hydrogens (tertiary/aromatic N) is 2. The molecule has 2 aromatic rings. The number of hydrogen-bond acceptors (Lipinski definition) is 3. The van der Waals surface area contributed by atoms with Crippen LogP contribution in [-0.4, -0.2) is 12.1 Å². The van der Waals surface area contributed by atoms with Crippen molar-refractivity contribution < 1.29 is 4.79 Å². The maximum absolute atomic E-state index is 12.0.